The molecule has 1 aliphatic carbocycles. The Labute approximate surface area is 160 Å². The Morgan fingerprint density at radius 3 is 2.78 bits per heavy atom. The second kappa shape index (κ2) is 8.80. The van der Waals surface area contributed by atoms with Gasteiger partial charge in [0.1, 0.15) is 5.76 Å². The summed E-state index contributed by atoms with van der Waals surface area (Å²) in [5.74, 6) is 2.18. The molecule has 3 rings (SSSR count). The summed E-state index contributed by atoms with van der Waals surface area (Å²) in [4.78, 5) is 14.7. The van der Waals surface area contributed by atoms with Crippen LogP contribution >= 0.6 is 0 Å². The molecule has 1 aromatic carbocycles. The molecule has 1 atom stereocenters. The van der Waals surface area contributed by atoms with Crippen LogP contribution in [0.25, 0.3) is 6.08 Å². The van der Waals surface area contributed by atoms with Crippen LogP contribution in [-0.4, -0.2) is 30.6 Å². The summed E-state index contributed by atoms with van der Waals surface area (Å²) in [7, 11) is 1.62. The van der Waals surface area contributed by atoms with Crippen molar-refractivity contribution in [1.29, 1.82) is 0 Å². The zero-order chi connectivity index (χ0) is 19.2. The lowest BCUT2D eigenvalue weighted by Crippen LogP contribution is -2.34. The molecule has 2 aromatic rings. The first-order valence-corrected chi connectivity index (χ1v) is 9.48. The van der Waals surface area contributed by atoms with Gasteiger partial charge in [0, 0.05) is 12.1 Å². The van der Waals surface area contributed by atoms with Gasteiger partial charge in [-0.3, -0.25) is 4.79 Å². The zero-order valence-corrected chi connectivity index (χ0v) is 16.2. The summed E-state index contributed by atoms with van der Waals surface area (Å²) in [5, 5.41) is 0. The molecule has 0 saturated heterocycles. The molecule has 1 aliphatic rings. The van der Waals surface area contributed by atoms with Gasteiger partial charge in [-0.1, -0.05) is 13.0 Å². The number of methoxy groups -OCH3 is 1. The van der Waals surface area contributed by atoms with E-state index in [1.165, 1.54) is 0 Å². The van der Waals surface area contributed by atoms with E-state index in [1.54, 1.807) is 19.4 Å². The highest BCUT2D eigenvalue weighted by Crippen LogP contribution is 2.35. The molecule has 0 N–H and O–H groups in total. The van der Waals surface area contributed by atoms with Gasteiger partial charge in [-0.2, -0.15) is 0 Å². The lowest BCUT2D eigenvalue weighted by molar-refractivity contribution is -0.129. The largest absolute Gasteiger partial charge is 0.493 e. The third kappa shape index (κ3) is 4.73. The first kappa shape index (κ1) is 19.1. The van der Waals surface area contributed by atoms with E-state index < -0.39 is 0 Å². The second-order valence-corrected chi connectivity index (χ2v) is 6.76. The summed E-state index contributed by atoms with van der Waals surface area (Å²) >= 11 is 0. The van der Waals surface area contributed by atoms with Crippen LogP contribution in [-0.2, 0) is 4.79 Å². The Balaban J connectivity index is 1.73. The van der Waals surface area contributed by atoms with Gasteiger partial charge in [0.2, 0.25) is 5.91 Å². The van der Waals surface area contributed by atoms with Crippen molar-refractivity contribution in [2.45, 2.75) is 45.2 Å². The van der Waals surface area contributed by atoms with Crippen molar-refractivity contribution in [3.05, 3.63) is 54.0 Å². The number of hydrogen-bond donors (Lipinski definition) is 0. The maximum absolute atomic E-state index is 12.8. The van der Waals surface area contributed by atoms with Crippen molar-refractivity contribution in [2.24, 2.45) is 0 Å². The van der Waals surface area contributed by atoms with E-state index in [0.29, 0.717) is 24.1 Å². The molecule has 0 spiro atoms. The third-order valence-corrected chi connectivity index (χ3v) is 4.63. The highest BCUT2D eigenvalue weighted by molar-refractivity contribution is 5.92. The van der Waals surface area contributed by atoms with E-state index in [-0.39, 0.29) is 11.9 Å². The van der Waals surface area contributed by atoms with Gasteiger partial charge in [-0.15, -0.1) is 0 Å². The SMILES string of the molecule is CCCOc1ccc(C=CC(=O)N(C2CC2)C(C)c2ccco2)cc1OC. The van der Waals surface area contributed by atoms with Gasteiger partial charge in [0.25, 0.3) is 0 Å². The molecule has 1 unspecified atom stereocenters. The normalized spacial score (nSPS) is 14.9. The van der Waals surface area contributed by atoms with E-state index >= 15 is 0 Å². The zero-order valence-electron chi connectivity index (χ0n) is 16.2. The maximum Gasteiger partial charge on any atom is 0.247 e. The van der Waals surface area contributed by atoms with E-state index in [9.17, 15) is 4.79 Å². The first-order chi connectivity index (χ1) is 13.1. The number of nitrogens with zero attached hydrogens (tertiary/aromatic N) is 1. The lowest BCUT2D eigenvalue weighted by atomic mass is 10.1. The molecule has 5 nitrogen and oxygen atoms in total. The molecule has 0 radical (unpaired) electrons. The quantitative estimate of drug-likeness (QED) is 0.593. The van der Waals surface area contributed by atoms with Crippen molar-refractivity contribution in [3.8, 4) is 11.5 Å². The number of carbonyl (C=O) groups is 1. The summed E-state index contributed by atoms with van der Waals surface area (Å²) in [6, 6.07) is 9.66. The minimum absolute atomic E-state index is 0.00771. The molecular weight excluding hydrogens is 342 g/mol. The molecular formula is C22H27NO4. The van der Waals surface area contributed by atoms with E-state index in [1.807, 2.05) is 48.2 Å². The van der Waals surface area contributed by atoms with Crippen LogP contribution in [0.5, 0.6) is 11.5 Å². The van der Waals surface area contributed by atoms with Crippen molar-refractivity contribution in [3.63, 3.8) is 0 Å². The van der Waals surface area contributed by atoms with Gasteiger partial charge < -0.3 is 18.8 Å². The number of carbonyl (C=O) groups excluding carboxylic acids is 1. The van der Waals surface area contributed by atoms with Crippen LogP contribution in [0, 0.1) is 0 Å². The molecule has 1 aromatic heterocycles. The van der Waals surface area contributed by atoms with Crippen molar-refractivity contribution in [2.75, 3.05) is 13.7 Å². The standard InChI is InChI=1S/C22H27NO4/c1-4-13-26-20-11-7-17(15-21(20)25-3)8-12-22(24)23(18-9-10-18)16(2)19-6-5-14-27-19/h5-8,11-12,14-16,18H,4,9-10,13H2,1-3H3. The Hall–Kier alpha value is -2.69. The Bertz CT molecular complexity index is 778. The Kier molecular flexibility index (Phi) is 6.22. The molecule has 1 amide bonds. The number of rotatable bonds is 9. The molecule has 0 aliphatic heterocycles. The average Bonchev–Trinajstić information content (AvgIpc) is 3.35. The van der Waals surface area contributed by atoms with Crippen molar-refractivity contribution >= 4 is 12.0 Å². The van der Waals surface area contributed by atoms with Crippen LogP contribution < -0.4 is 9.47 Å². The lowest BCUT2D eigenvalue weighted by Gasteiger charge is -2.26. The number of furan rings is 1. The summed E-state index contributed by atoms with van der Waals surface area (Å²) in [6.07, 6.45) is 8.11. The van der Waals surface area contributed by atoms with Gasteiger partial charge in [0.15, 0.2) is 11.5 Å². The van der Waals surface area contributed by atoms with Crippen LogP contribution in [0.1, 0.15) is 50.5 Å². The minimum atomic E-state index is -0.0796. The molecule has 1 fully saturated rings. The molecule has 1 heterocycles. The van der Waals surface area contributed by atoms with Gasteiger partial charge in [-0.25, -0.2) is 0 Å². The van der Waals surface area contributed by atoms with Gasteiger partial charge in [-0.05, 0) is 62.1 Å². The Morgan fingerprint density at radius 2 is 2.15 bits per heavy atom. The van der Waals surface area contributed by atoms with Crippen LogP contribution in [0.4, 0.5) is 0 Å². The number of benzene rings is 1. The summed E-state index contributed by atoms with van der Waals surface area (Å²) in [5.41, 5.74) is 0.894. The number of hydrogen-bond acceptors (Lipinski definition) is 4. The van der Waals surface area contributed by atoms with E-state index in [2.05, 4.69) is 6.92 Å². The van der Waals surface area contributed by atoms with Gasteiger partial charge in [0.05, 0.1) is 26.0 Å². The minimum Gasteiger partial charge on any atom is -0.493 e. The molecule has 1 saturated carbocycles. The molecule has 0 bridgehead atoms. The van der Waals surface area contributed by atoms with Gasteiger partial charge >= 0.3 is 0 Å². The van der Waals surface area contributed by atoms with E-state index in [4.69, 9.17) is 13.9 Å². The predicted octanol–water partition coefficient (Wildman–Crippen LogP) is 4.84. The average molecular weight is 369 g/mol. The second-order valence-electron chi connectivity index (χ2n) is 6.76. The smallest absolute Gasteiger partial charge is 0.247 e. The van der Waals surface area contributed by atoms with Crippen LogP contribution in [0.15, 0.2) is 47.1 Å². The molecule has 144 valence electrons. The topological polar surface area (TPSA) is 51.9 Å². The fourth-order valence-corrected chi connectivity index (χ4v) is 3.08. The maximum atomic E-state index is 12.8. The van der Waals surface area contributed by atoms with Crippen molar-refractivity contribution in [1.82, 2.24) is 4.90 Å². The fraction of sp³-hybridized carbons (Fsp3) is 0.409. The Morgan fingerprint density at radius 1 is 1.33 bits per heavy atom. The fourth-order valence-electron chi connectivity index (χ4n) is 3.08. The van der Waals surface area contributed by atoms with Crippen molar-refractivity contribution < 1.29 is 18.7 Å². The van der Waals surface area contributed by atoms with Crippen LogP contribution in [0.3, 0.4) is 0 Å². The monoisotopic (exact) mass is 369 g/mol. The first-order valence-electron chi connectivity index (χ1n) is 9.48. The van der Waals surface area contributed by atoms with Crippen LogP contribution in [0.2, 0.25) is 0 Å². The molecule has 5 heteroatoms. The highest BCUT2D eigenvalue weighted by atomic mass is 16.5. The van der Waals surface area contributed by atoms with E-state index in [0.717, 1.165) is 30.6 Å². The predicted molar refractivity (Wildman–Crippen MR) is 105 cm³/mol. The third-order valence-electron chi connectivity index (χ3n) is 4.63. The summed E-state index contributed by atoms with van der Waals surface area (Å²) < 4.78 is 16.6. The number of ether oxygens (including phenoxy) is 2. The molecule has 27 heavy (non-hydrogen) atoms. The summed E-state index contributed by atoms with van der Waals surface area (Å²) in [6.45, 7) is 4.71. The highest BCUT2D eigenvalue weighted by Gasteiger charge is 2.36. The number of amides is 1.